The lowest BCUT2D eigenvalue weighted by molar-refractivity contribution is -0.120. The van der Waals surface area contributed by atoms with Crippen LogP contribution in [0, 0.1) is 5.92 Å². The van der Waals surface area contributed by atoms with Gasteiger partial charge in [0.05, 0.1) is 6.04 Å². The van der Waals surface area contributed by atoms with E-state index in [1.807, 2.05) is 55.9 Å². The van der Waals surface area contributed by atoms with Crippen molar-refractivity contribution in [1.29, 1.82) is 0 Å². The fourth-order valence-electron chi connectivity index (χ4n) is 2.74. The Bertz CT molecular complexity index is 754. The van der Waals surface area contributed by atoms with E-state index in [1.165, 1.54) is 0 Å². The average molecular weight is 357 g/mol. The molecule has 2 rings (SSSR count). The zero-order chi connectivity index (χ0) is 19.1. The standard InChI is InChI=1S/C19H27N5O2/c1-13(2)17(18-21-11-12-24(18)4)23-19(26)22-15-8-6-5-7-14(15)9-10-16(25)20-3/h5-8,11-13,17H,9-10H2,1-4H3,(H,20,25)(H2,22,23,26). The highest BCUT2D eigenvalue weighted by atomic mass is 16.2. The molecule has 7 nitrogen and oxygen atoms in total. The largest absolute Gasteiger partial charge is 0.359 e. The molecule has 0 spiro atoms. The molecule has 2 aromatic rings. The van der Waals surface area contributed by atoms with Gasteiger partial charge in [0.2, 0.25) is 5.91 Å². The monoisotopic (exact) mass is 357 g/mol. The quantitative estimate of drug-likeness (QED) is 0.712. The van der Waals surface area contributed by atoms with Crippen LogP contribution in [0.2, 0.25) is 0 Å². The van der Waals surface area contributed by atoms with Crippen LogP contribution in [0.5, 0.6) is 0 Å². The number of amides is 3. The van der Waals surface area contributed by atoms with Crippen LogP contribution in [-0.2, 0) is 18.3 Å². The zero-order valence-electron chi connectivity index (χ0n) is 15.7. The molecule has 0 saturated heterocycles. The number of benzene rings is 1. The van der Waals surface area contributed by atoms with Crippen molar-refractivity contribution >= 4 is 17.6 Å². The maximum Gasteiger partial charge on any atom is 0.319 e. The van der Waals surface area contributed by atoms with Crippen molar-refractivity contribution in [2.45, 2.75) is 32.7 Å². The molecule has 1 unspecified atom stereocenters. The van der Waals surface area contributed by atoms with Gasteiger partial charge in [0.25, 0.3) is 0 Å². The van der Waals surface area contributed by atoms with Crippen molar-refractivity contribution in [1.82, 2.24) is 20.2 Å². The minimum Gasteiger partial charge on any atom is -0.359 e. The Kier molecular flexibility index (Phi) is 6.77. The van der Waals surface area contributed by atoms with Crippen molar-refractivity contribution in [3.05, 3.63) is 48.0 Å². The summed E-state index contributed by atoms with van der Waals surface area (Å²) in [6, 6.07) is 7.01. The third kappa shape index (κ3) is 5.08. The lowest BCUT2D eigenvalue weighted by atomic mass is 10.0. The number of nitrogens with zero attached hydrogens (tertiary/aromatic N) is 2. The van der Waals surface area contributed by atoms with E-state index in [9.17, 15) is 9.59 Å². The molecule has 1 aromatic carbocycles. The average Bonchev–Trinajstić information content (AvgIpc) is 3.04. The van der Waals surface area contributed by atoms with Gasteiger partial charge in [-0.05, 0) is 24.0 Å². The van der Waals surface area contributed by atoms with Gasteiger partial charge in [0, 0.05) is 38.6 Å². The summed E-state index contributed by atoms with van der Waals surface area (Å²) in [5.41, 5.74) is 1.63. The first-order chi connectivity index (χ1) is 12.4. The van der Waals surface area contributed by atoms with E-state index < -0.39 is 0 Å². The molecular weight excluding hydrogens is 330 g/mol. The molecule has 0 aliphatic carbocycles. The number of rotatable bonds is 7. The number of hydrogen-bond acceptors (Lipinski definition) is 3. The number of hydrogen-bond donors (Lipinski definition) is 3. The van der Waals surface area contributed by atoms with Gasteiger partial charge in [-0.15, -0.1) is 0 Å². The molecule has 0 radical (unpaired) electrons. The molecule has 0 aliphatic heterocycles. The summed E-state index contributed by atoms with van der Waals surface area (Å²) in [6.45, 7) is 4.08. The number of para-hydroxylation sites is 1. The number of imidazole rings is 1. The number of urea groups is 1. The van der Waals surface area contributed by atoms with Crippen molar-refractivity contribution in [2.75, 3.05) is 12.4 Å². The highest BCUT2D eigenvalue weighted by molar-refractivity contribution is 5.90. The Balaban J connectivity index is 2.07. The van der Waals surface area contributed by atoms with Crippen LogP contribution in [0.1, 0.15) is 37.7 Å². The summed E-state index contributed by atoms with van der Waals surface area (Å²) in [6.07, 6.45) is 4.51. The van der Waals surface area contributed by atoms with Crippen LogP contribution in [0.25, 0.3) is 0 Å². The number of carbonyl (C=O) groups excluding carboxylic acids is 2. The molecule has 0 bridgehead atoms. The van der Waals surface area contributed by atoms with Gasteiger partial charge >= 0.3 is 6.03 Å². The third-order valence-corrected chi connectivity index (χ3v) is 4.26. The maximum atomic E-state index is 12.5. The van der Waals surface area contributed by atoms with Gasteiger partial charge in [-0.25, -0.2) is 9.78 Å². The second-order valence-electron chi connectivity index (χ2n) is 6.55. The lowest BCUT2D eigenvalue weighted by Crippen LogP contribution is -2.36. The normalized spacial score (nSPS) is 11.9. The predicted molar refractivity (Wildman–Crippen MR) is 102 cm³/mol. The number of anilines is 1. The Labute approximate surface area is 154 Å². The molecule has 0 fully saturated rings. The van der Waals surface area contributed by atoms with E-state index in [0.717, 1.165) is 11.4 Å². The molecule has 0 aliphatic rings. The Morgan fingerprint density at radius 3 is 2.58 bits per heavy atom. The third-order valence-electron chi connectivity index (χ3n) is 4.26. The molecule has 1 atom stereocenters. The van der Waals surface area contributed by atoms with Crippen LogP contribution in [0.15, 0.2) is 36.7 Å². The summed E-state index contributed by atoms with van der Waals surface area (Å²) in [5, 5.41) is 8.51. The first-order valence-corrected chi connectivity index (χ1v) is 8.75. The highest BCUT2D eigenvalue weighted by Gasteiger charge is 2.22. The fourth-order valence-corrected chi connectivity index (χ4v) is 2.74. The van der Waals surface area contributed by atoms with Crippen LogP contribution >= 0.6 is 0 Å². The van der Waals surface area contributed by atoms with Crippen LogP contribution < -0.4 is 16.0 Å². The highest BCUT2D eigenvalue weighted by Crippen LogP contribution is 2.21. The maximum absolute atomic E-state index is 12.5. The SMILES string of the molecule is CNC(=O)CCc1ccccc1NC(=O)NC(c1nccn1C)C(C)C. The van der Waals surface area contributed by atoms with Crippen LogP contribution in [-0.4, -0.2) is 28.5 Å². The molecule has 140 valence electrons. The molecule has 0 saturated carbocycles. The second-order valence-corrected chi connectivity index (χ2v) is 6.55. The zero-order valence-corrected chi connectivity index (χ0v) is 15.7. The van der Waals surface area contributed by atoms with E-state index in [2.05, 4.69) is 20.9 Å². The van der Waals surface area contributed by atoms with Crippen LogP contribution in [0.3, 0.4) is 0 Å². The topological polar surface area (TPSA) is 88.1 Å². The Morgan fingerprint density at radius 1 is 1.23 bits per heavy atom. The van der Waals surface area contributed by atoms with Crippen molar-refractivity contribution < 1.29 is 9.59 Å². The summed E-state index contributed by atoms with van der Waals surface area (Å²) in [5.74, 6) is 0.965. The number of carbonyl (C=O) groups is 2. The van der Waals surface area contributed by atoms with E-state index in [-0.39, 0.29) is 23.9 Å². The summed E-state index contributed by atoms with van der Waals surface area (Å²) in [7, 11) is 3.52. The van der Waals surface area contributed by atoms with Crippen molar-refractivity contribution in [3.8, 4) is 0 Å². The van der Waals surface area contributed by atoms with Crippen LogP contribution in [0.4, 0.5) is 10.5 Å². The second kappa shape index (κ2) is 9.03. The molecule has 1 heterocycles. The Morgan fingerprint density at radius 2 is 1.96 bits per heavy atom. The number of nitrogens with one attached hydrogen (secondary N) is 3. The van der Waals surface area contributed by atoms with Gasteiger partial charge in [-0.3, -0.25) is 4.79 Å². The summed E-state index contributed by atoms with van der Waals surface area (Å²) in [4.78, 5) is 28.4. The minimum atomic E-state index is -0.293. The van der Waals surface area contributed by atoms with Crippen molar-refractivity contribution in [3.63, 3.8) is 0 Å². The van der Waals surface area contributed by atoms with E-state index >= 15 is 0 Å². The molecular formula is C19H27N5O2. The number of aryl methyl sites for hydroxylation is 2. The smallest absolute Gasteiger partial charge is 0.319 e. The summed E-state index contributed by atoms with van der Waals surface area (Å²) < 4.78 is 1.91. The lowest BCUT2D eigenvalue weighted by Gasteiger charge is -2.22. The van der Waals surface area contributed by atoms with Gasteiger partial charge in [0.15, 0.2) is 0 Å². The van der Waals surface area contributed by atoms with Gasteiger partial charge in [-0.1, -0.05) is 32.0 Å². The Hall–Kier alpha value is -2.83. The van der Waals surface area contributed by atoms with E-state index in [0.29, 0.717) is 18.5 Å². The predicted octanol–water partition coefficient (Wildman–Crippen LogP) is 2.62. The minimum absolute atomic E-state index is 0.0288. The van der Waals surface area contributed by atoms with Crippen molar-refractivity contribution in [2.24, 2.45) is 13.0 Å². The fraction of sp³-hybridized carbons (Fsp3) is 0.421. The molecule has 1 aromatic heterocycles. The molecule has 7 heteroatoms. The first-order valence-electron chi connectivity index (χ1n) is 8.75. The first kappa shape index (κ1) is 19.5. The van der Waals surface area contributed by atoms with Gasteiger partial charge in [-0.2, -0.15) is 0 Å². The van der Waals surface area contributed by atoms with E-state index in [1.54, 1.807) is 13.2 Å². The van der Waals surface area contributed by atoms with E-state index in [4.69, 9.17) is 0 Å². The number of aromatic nitrogens is 2. The van der Waals surface area contributed by atoms with Gasteiger partial charge < -0.3 is 20.5 Å². The molecule has 26 heavy (non-hydrogen) atoms. The molecule has 3 N–H and O–H groups in total. The van der Waals surface area contributed by atoms with Gasteiger partial charge in [0.1, 0.15) is 5.82 Å². The summed E-state index contributed by atoms with van der Waals surface area (Å²) >= 11 is 0. The molecule has 3 amide bonds.